The fraction of sp³-hybridized carbons (Fsp3) is 0.481. The highest BCUT2D eigenvalue weighted by Crippen LogP contribution is 2.45. The highest BCUT2D eigenvalue weighted by Gasteiger charge is 2.31. The van der Waals surface area contributed by atoms with Crippen molar-refractivity contribution < 1.29 is 0 Å². The second-order valence-corrected chi connectivity index (χ2v) is 9.02. The molecular weight excluding hydrogens is 324 g/mol. The summed E-state index contributed by atoms with van der Waals surface area (Å²) in [6.07, 6.45) is 16.4. The Morgan fingerprint density at radius 1 is 0.852 bits per heavy atom. The van der Waals surface area contributed by atoms with Gasteiger partial charge in [-0.15, -0.1) is 0 Å². The topological polar surface area (TPSA) is 0 Å². The van der Waals surface area contributed by atoms with E-state index in [4.69, 9.17) is 0 Å². The smallest absolute Gasteiger partial charge is 0.00574 e. The predicted molar refractivity (Wildman–Crippen MR) is 118 cm³/mol. The van der Waals surface area contributed by atoms with Gasteiger partial charge in [-0.05, 0) is 60.3 Å². The zero-order chi connectivity index (χ0) is 18.7. The number of allylic oxidation sites excluding steroid dienone is 1. The van der Waals surface area contributed by atoms with Crippen LogP contribution in [0.25, 0.3) is 17.2 Å². The van der Waals surface area contributed by atoms with Gasteiger partial charge in [0.15, 0.2) is 0 Å². The van der Waals surface area contributed by atoms with Gasteiger partial charge in [-0.2, -0.15) is 0 Å². The van der Waals surface area contributed by atoms with Gasteiger partial charge < -0.3 is 0 Å². The van der Waals surface area contributed by atoms with E-state index in [2.05, 4.69) is 62.4 Å². The molecule has 0 heteroatoms. The molecule has 0 spiro atoms. The molecule has 0 saturated heterocycles. The molecule has 0 nitrogen and oxygen atoms in total. The lowest BCUT2D eigenvalue weighted by Gasteiger charge is -2.35. The summed E-state index contributed by atoms with van der Waals surface area (Å²) in [5, 5.41) is 0. The molecule has 0 amide bonds. The maximum atomic E-state index is 2.54. The standard InChI is InChI=1S/C27H34/c1-3-27(16-7-5-4-6-8-17-27)20-22-18-24-10-9-11-25(26(24)19-22)23-14-12-21(2)13-15-23/h9-15,19H,3-8,16-18,20H2,1-2H3. The molecule has 0 aromatic heterocycles. The highest BCUT2D eigenvalue weighted by atomic mass is 14.4. The largest absolute Gasteiger partial charge is 0.0648 e. The van der Waals surface area contributed by atoms with Crippen LogP contribution in [0.2, 0.25) is 0 Å². The normalized spacial score (nSPS) is 19.1. The van der Waals surface area contributed by atoms with E-state index in [0.717, 1.165) is 6.42 Å². The summed E-state index contributed by atoms with van der Waals surface area (Å²) in [7, 11) is 0. The molecule has 0 heterocycles. The molecule has 0 bridgehead atoms. The summed E-state index contributed by atoms with van der Waals surface area (Å²) < 4.78 is 0. The van der Waals surface area contributed by atoms with Crippen LogP contribution in [0.1, 0.15) is 81.4 Å². The number of fused-ring (bicyclic) bond motifs is 1. The Kier molecular flexibility index (Phi) is 5.53. The van der Waals surface area contributed by atoms with Crippen LogP contribution in [0.5, 0.6) is 0 Å². The van der Waals surface area contributed by atoms with Crippen LogP contribution in [-0.2, 0) is 6.42 Å². The van der Waals surface area contributed by atoms with Crippen molar-refractivity contribution in [1.29, 1.82) is 0 Å². The van der Waals surface area contributed by atoms with E-state index in [1.807, 2.05) is 0 Å². The summed E-state index contributed by atoms with van der Waals surface area (Å²) in [6.45, 7) is 4.60. The van der Waals surface area contributed by atoms with Crippen molar-refractivity contribution in [3.63, 3.8) is 0 Å². The Labute approximate surface area is 165 Å². The molecule has 0 atom stereocenters. The molecule has 2 aromatic carbocycles. The Morgan fingerprint density at radius 3 is 2.26 bits per heavy atom. The van der Waals surface area contributed by atoms with Gasteiger partial charge in [-0.1, -0.05) is 105 Å². The molecule has 0 N–H and O–H groups in total. The third-order valence-corrected chi connectivity index (χ3v) is 7.09. The van der Waals surface area contributed by atoms with Gasteiger partial charge in [0.2, 0.25) is 0 Å². The van der Waals surface area contributed by atoms with Crippen LogP contribution in [0.4, 0.5) is 0 Å². The second-order valence-electron chi connectivity index (χ2n) is 9.02. The third-order valence-electron chi connectivity index (χ3n) is 7.09. The van der Waals surface area contributed by atoms with Crippen molar-refractivity contribution in [3.8, 4) is 11.1 Å². The van der Waals surface area contributed by atoms with Gasteiger partial charge in [0, 0.05) is 0 Å². The first-order valence-corrected chi connectivity index (χ1v) is 11.1. The van der Waals surface area contributed by atoms with Gasteiger partial charge in [0.1, 0.15) is 0 Å². The van der Waals surface area contributed by atoms with E-state index < -0.39 is 0 Å². The molecule has 2 aliphatic carbocycles. The summed E-state index contributed by atoms with van der Waals surface area (Å²) in [5.74, 6) is 0. The van der Waals surface area contributed by atoms with E-state index in [-0.39, 0.29) is 0 Å². The van der Waals surface area contributed by atoms with E-state index in [1.165, 1.54) is 85.6 Å². The first-order valence-electron chi connectivity index (χ1n) is 11.1. The minimum Gasteiger partial charge on any atom is -0.0648 e. The van der Waals surface area contributed by atoms with Crippen molar-refractivity contribution >= 4 is 6.08 Å². The van der Waals surface area contributed by atoms with Crippen molar-refractivity contribution in [2.24, 2.45) is 5.41 Å². The Hall–Kier alpha value is -1.82. The number of rotatable bonds is 4. The molecule has 1 fully saturated rings. The number of aryl methyl sites for hydroxylation is 1. The Balaban J connectivity index is 1.60. The maximum Gasteiger partial charge on any atom is -0.00574 e. The van der Waals surface area contributed by atoms with Crippen molar-refractivity contribution in [3.05, 3.63) is 64.7 Å². The van der Waals surface area contributed by atoms with Gasteiger partial charge >= 0.3 is 0 Å². The molecule has 142 valence electrons. The predicted octanol–water partition coefficient (Wildman–Crippen LogP) is 8.13. The zero-order valence-electron chi connectivity index (χ0n) is 17.2. The van der Waals surface area contributed by atoms with E-state index in [0.29, 0.717) is 5.41 Å². The molecule has 0 unspecified atom stereocenters. The molecular formula is C27H34. The molecule has 0 radical (unpaired) electrons. The summed E-state index contributed by atoms with van der Waals surface area (Å²) in [5.41, 5.74) is 9.33. The van der Waals surface area contributed by atoms with E-state index >= 15 is 0 Å². The van der Waals surface area contributed by atoms with Crippen LogP contribution >= 0.6 is 0 Å². The van der Waals surface area contributed by atoms with Crippen LogP contribution < -0.4 is 0 Å². The van der Waals surface area contributed by atoms with E-state index in [9.17, 15) is 0 Å². The SMILES string of the molecule is CCC1(CC2=Cc3c(cccc3-c3ccc(C)cc3)C2)CCCCCCC1. The average Bonchev–Trinajstić information content (AvgIpc) is 3.07. The van der Waals surface area contributed by atoms with Crippen LogP contribution in [-0.4, -0.2) is 0 Å². The van der Waals surface area contributed by atoms with Crippen molar-refractivity contribution in [2.75, 3.05) is 0 Å². The molecule has 2 aliphatic rings. The molecule has 0 aliphatic heterocycles. The lowest BCUT2D eigenvalue weighted by molar-refractivity contribution is 0.198. The summed E-state index contributed by atoms with van der Waals surface area (Å²) in [4.78, 5) is 0. The lowest BCUT2D eigenvalue weighted by Crippen LogP contribution is -2.22. The third kappa shape index (κ3) is 4.05. The molecule has 27 heavy (non-hydrogen) atoms. The monoisotopic (exact) mass is 358 g/mol. The first kappa shape index (κ1) is 18.5. The van der Waals surface area contributed by atoms with Crippen LogP contribution in [0.3, 0.4) is 0 Å². The fourth-order valence-corrected chi connectivity index (χ4v) is 5.33. The number of hydrogen-bond acceptors (Lipinski definition) is 0. The minimum absolute atomic E-state index is 0.554. The second kappa shape index (κ2) is 8.05. The maximum absolute atomic E-state index is 2.54. The van der Waals surface area contributed by atoms with Gasteiger partial charge in [0.05, 0.1) is 0 Å². The average molecular weight is 359 g/mol. The minimum atomic E-state index is 0.554. The first-order chi connectivity index (χ1) is 13.2. The molecule has 4 rings (SSSR count). The Bertz CT molecular complexity index is 798. The molecule has 2 aromatic rings. The molecule has 1 saturated carbocycles. The Morgan fingerprint density at radius 2 is 1.56 bits per heavy atom. The zero-order valence-corrected chi connectivity index (χ0v) is 17.2. The number of benzene rings is 2. The summed E-state index contributed by atoms with van der Waals surface area (Å²) in [6, 6.07) is 15.9. The van der Waals surface area contributed by atoms with E-state index in [1.54, 1.807) is 5.57 Å². The summed E-state index contributed by atoms with van der Waals surface area (Å²) >= 11 is 0. The number of hydrogen-bond donors (Lipinski definition) is 0. The lowest BCUT2D eigenvalue weighted by atomic mass is 9.70. The van der Waals surface area contributed by atoms with Crippen molar-refractivity contribution in [2.45, 2.75) is 78.1 Å². The quantitative estimate of drug-likeness (QED) is 0.517. The van der Waals surface area contributed by atoms with Crippen LogP contribution in [0, 0.1) is 12.3 Å². The van der Waals surface area contributed by atoms with Crippen molar-refractivity contribution in [1.82, 2.24) is 0 Å². The highest BCUT2D eigenvalue weighted by molar-refractivity contribution is 5.80. The van der Waals surface area contributed by atoms with Gasteiger partial charge in [0.25, 0.3) is 0 Å². The van der Waals surface area contributed by atoms with Gasteiger partial charge in [-0.25, -0.2) is 0 Å². The van der Waals surface area contributed by atoms with Crippen LogP contribution in [0.15, 0.2) is 48.0 Å². The fourth-order valence-electron chi connectivity index (χ4n) is 5.33. The van der Waals surface area contributed by atoms with Gasteiger partial charge in [-0.3, -0.25) is 0 Å².